The number of amides is 1. The molecule has 0 spiro atoms. The molecule has 1 saturated heterocycles. The highest BCUT2D eigenvalue weighted by Crippen LogP contribution is 2.33. The summed E-state index contributed by atoms with van der Waals surface area (Å²) in [5, 5.41) is 8.71. The lowest BCUT2D eigenvalue weighted by Crippen LogP contribution is -2.37. The van der Waals surface area contributed by atoms with Crippen molar-refractivity contribution in [3.63, 3.8) is 0 Å². The van der Waals surface area contributed by atoms with Crippen molar-refractivity contribution in [1.29, 1.82) is 0 Å². The lowest BCUT2D eigenvalue weighted by molar-refractivity contribution is 0.0358. The molecule has 0 atom stereocenters. The highest BCUT2D eigenvalue weighted by molar-refractivity contribution is 7.14. The van der Waals surface area contributed by atoms with Crippen molar-refractivity contribution in [1.82, 2.24) is 15.2 Å². The molecule has 2 N–H and O–H groups in total. The second-order valence-corrected chi connectivity index (χ2v) is 9.66. The molecule has 1 amide bonds. The number of nitrogens with zero attached hydrogens (tertiary/aromatic N) is 2. The molecule has 3 aromatic rings. The summed E-state index contributed by atoms with van der Waals surface area (Å²) in [4.78, 5) is 19.3. The molecule has 36 heavy (non-hydrogen) atoms. The van der Waals surface area contributed by atoms with Crippen molar-refractivity contribution in [3.05, 3.63) is 53.4 Å². The summed E-state index contributed by atoms with van der Waals surface area (Å²) >= 11 is 1.50. The van der Waals surface area contributed by atoms with Crippen LogP contribution in [0.15, 0.2) is 47.8 Å². The zero-order valence-corrected chi connectivity index (χ0v) is 21.9. The van der Waals surface area contributed by atoms with Gasteiger partial charge in [0.25, 0.3) is 5.91 Å². The van der Waals surface area contributed by atoms with Crippen molar-refractivity contribution in [2.24, 2.45) is 0 Å². The van der Waals surface area contributed by atoms with Gasteiger partial charge in [-0.3, -0.25) is 9.69 Å². The lowest BCUT2D eigenvalue weighted by atomic mass is 10.1. The summed E-state index contributed by atoms with van der Waals surface area (Å²) < 4.78 is 17.2. The number of hydrogen-bond donors (Lipinski definition) is 2. The van der Waals surface area contributed by atoms with Crippen LogP contribution in [0.25, 0.3) is 11.3 Å². The fourth-order valence-electron chi connectivity index (χ4n) is 3.87. The molecule has 4 rings (SSSR count). The summed E-state index contributed by atoms with van der Waals surface area (Å²) in [5.74, 6) is 1.37. The minimum Gasteiger partial charge on any atom is -0.494 e. The van der Waals surface area contributed by atoms with E-state index in [1.165, 1.54) is 11.3 Å². The number of carbonyl (C=O) groups excluding carboxylic acids is 1. The normalized spacial score (nSPS) is 14.0. The van der Waals surface area contributed by atoms with Crippen LogP contribution in [-0.2, 0) is 4.74 Å². The molecule has 9 heteroatoms. The van der Waals surface area contributed by atoms with Crippen LogP contribution in [0.5, 0.6) is 11.5 Å². The molecule has 0 bridgehead atoms. The first-order valence-corrected chi connectivity index (χ1v) is 13.2. The van der Waals surface area contributed by atoms with Crippen molar-refractivity contribution < 1.29 is 19.0 Å². The van der Waals surface area contributed by atoms with Gasteiger partial charge in [0, 0.05) is 43.2 Å². The molecule has 0 radical (unpaired) electrons. The maximum Gasteiger partial charge on any atom is 0.251 e. The molecule has 2 heterocycles. The smallest absolute Gasteiger partial charge is 0.251 e. The molecular weight excluding hydrogens is 476 g/mol. The molecule has 1 aromatic heterocycles. The molecule has 0 aliphatic carbocycles. The number of rotatable bonds is 11. The van der Waals surface area contributed by atoms with E-state index in [0.717, 1.165) is 61.4 Å². The third-order valence-corrected chi connectivity index (χ3v) is 6.48. The van der Waals surface area contributed by atoms with Gasteiger partial charge in [0.15, 0.2) is 5.13 Å². The Kier molecular flexibility index (Phi) is 9.16. The van der Waals surface area contributed by atoms with Crippen LogP contribution in [0.2, 0.25) is 0 Å². The van der Waals surface area contributed by atoms with E-state index in [0.29, 0.717) is 23.6 Å². The van der Waals surface area contributed by atoms with Crippen molar-refractivity contribution in [2.45, 2.75) is 26.4 Å². The van der Waals surface area contributed by atoms with Crippen molar-refractivity contribution in [3.8, 4) is 22.8 Å². The van der Waals surface area contributed by atoms with Crippen LogP contribution >= 0.6 is 11.3 Å². The number of benzene rings is 2. The van der Waals surface area contributed by atoms with Gasteiger partial charge in [0.1, 0.15) is 11.5 Å². The van der Waals surface area contributed by atoms with Crippen LogP contribution in [-0.4, -0.2) is 68.4 Å². The molecule has 192 valence electrons. The van der Waals surface area contributed by atoms with Gasteiger partial charge in [-0.25, -0.2) is 4.98 Å². The molecule has 1 aliphatic rings. The fraction of sp³-hybridized carbons (Fsp3) is 0.407. The molecule has 0 saturated carbocycles. The Morgan fingerprint density at radius 1 is 1.17 bits per heavy atom. The summed E-state index contributed by atoms with van der Waals surface area (Å²) in [6.45, 7) is 9.32. The third-order valence-electron chi connectivity index (χ3n) is 5.72. The lowest BCUT2D eigenvalue weighted by Gasteiger charge is -2.26. The summed E-state index contributed by atoms with van der Waals surface area (Å²) in [6.07, 6.45) is 0.996. The Balaban J connectivity index is 1.36. The molecule has 1 aliphatic heterocycles. The number of anilines is 2. The van der Waals surface area contributed by atoms with Gasteiger partial charge >= 0.3 is 0 Å². The van der Waals surface area contributed by atoms with Gasteiger partial charge in [0.05, 0.1) is 37.3 Å². The number of thiazole rings is 1. The van der Waals surface area contributed by atoms with Crippen LogP contribution in [0.3, 0.4) is 0 Å². The van der Waals surface area contributed by atoms with Gasteiger partial charge in [-0.15, -0.1) is 11.3 Å². The first kappa shape index (κ1) is 25.9. The first-order valence-electron chi connectivity index (χ1n) is 12.3. The van der Waals surface area contributed by atoms with Gasteiger partial charge in [-0.05, 0) is 62.7 Å². The Labute approximate surface area is 216 Å². The van der Waals surface area contributed by atoms with Crippen LogP contribution < -0.4 is 20.1 Å². The average Bonchev–Trinajstić information content (AvgIpc) is 3.36. The van der Waals surface area contributed by atoms with Gasteiger partial charge in [0.2, 0.25) is 0 Å². The van der Waals surface area contributed by atoms with E-state index in [1.807, 2.05) is 43.5 Å². The molecule has 2 aromatic carbocycles. The maximum atomic E-state index is 12.1. The summed E-state index contributed by atoms with van der Waals surface area (Å²) in [6, 6.07) is 13.4. The second-order valence-electron chi connectivity index (χ2n) is 8.80. The Morgan fingerprint density at radius 2 is 1.94 bits per heavy atom. The van der Waals surface area contributed by atoms with E-state index < -0.39 is 0 Å². The number of morpholine rings is 1. The van der Waals surface area contributed by atoms with Crippen LogP contribution in [0, 0.1) is 0 Å². The minimum atomic E-state index is -0.155. The van der Waals surface area contributed by atoms with E-state index in [9.17, 15) is 4.79 Å². The number of ether oxygens (including phenoxy) is 3. The standard InChI is InChI=1S/C27H34N4O4S/c1-19(2)35-25-10-7-21(26(32)28-3)17-23(25)29-27-30-24(18-36-27)20-5-8-22(9-6-20)34-14-4-11-31-12-15-33-16-13-31/h5-10,17-19H,4,11-16H2,1-3H3,(H,28,32)(H,29,30). The van der Waals surface area contributed by atoms with Gasteiger partial charge in [-0.1, -0.05) is 0 Å². The third kappa shape index (κ3) is 7.19. The van der Waals surface area contributed by atoms with Crippen molar-refractivity contribution >= 4 is 28.1 Å². The number of carbonyl (C=O) groups is 1. The molecule has 1 fully saturated rings. The average molecular weight is 511 g/mol. The van der Waals surface area contributed by atoms with E-state index >= 15 is 0 Å². The minimum absolute atomic E-state index is 0.00311. The Bertz CT molecular complexity index is 1130. The number of aromatic nitrogens is 1. The highest BCUT2D eigenvalue weighted by Gasteiger charge is 2.14. The zero-order chi connectivity index (χ0) is 25.3. The Morgan fingerprint density at radius 3 is 2.67 bits per heavy atom. The molecule has 0 unspecified atom stereocenters. The van der Waals surface area contributed by atoms with Gasteiger partial charge in [-0.2, -0.15) is 0 Å². The van der Waals surface area contributed by atoms with E-state index in [-0.39, 0.29) is 12.0 Å². The predicted octanol–water partition coefficient (Wildman–Crippen LogP) is 4.80. The van der Waals surface area contributed by atoms with E-state index in [1.54, 1.807) is 25.2 Å². The van der Waals surface area contributed by atoms with Crippen LogP contribution in [0.1, 0.15) is 30.6 Å². The first-order chi connectivity index (χ1) is 17.5. The Hall–Kier alpha value is -3.14. The maximum absolute atomic E-state index is 12.1. The number of hydrogen-bond acceptors (Lipinski definition) is 8. The van der Waals surface area contributed by atoms with E-state index in [4.69, 9.17) is 19.2 Å². The zero-order valence-electron chi connectivity index (χ0n) is 21.1. The monoisotopic (exact) mass is 510 g/mol. The van der Waals surface area contributed by atoms with Crippen molar-refractivity contribution in [2.75, 3.05) is 51.8 Å². The molecule has 8 nitrogen and oxygen atoms in total. The highest BCUT2D eigenvalue weighted by atomic mass is 32.1. The quantitative estimate of drug-likeness (QED) is 0.359. The summed E-state index contributed by atoms with van der Waals surface area (Å²) in [7, 11) is 1.61. The fourth-order valence-corrected chi connectivity index (χ4v) is 4.61. The second kappa shape index (κ2) is 12.7. The number of nitrogens with one attached hydrogen (secondary N) is 2. The van der Waals surface area contributed by atoms with E-state index in [2.05, 4.69) is 15.5 Å². The largest absolute Gasteiger partial charge is 0.494 e. The SMILES string of the molecule is CNC(=O)c1ccc(OC(C)C)c(Nc2nc(-c3ccc(OCCCN4CCOCC4)cc3)cs2)c1. The van der Waals surface area contributed by atoms with Gasteiger partial charge < -0.3 is 24.8 Å². The van der Waals surface area contributed by atoms with Crippen LogP contribution in [0.4, 0.5) is 10.8 Å². The predicted molar refractivity (Wildman–Crippen MR) is 144 cm³/mol. The molecular formula is C27H34N4O4S. The summed E-state index contributed by atoms with van der Waals surface area (Å²) in [5.41, 5.74) is 3.13. The topological polar surface area (TPSA) is 85.0 Å².